The molecule has 1 amide bonds. The maximum absolute atomic E-state index is 12.9. The van der Waals surface area contributed by atoms with Gasteiger partial charge in [-0.3, -0.25) is 19.5 Å². The highest BCUT2D eigenvalue weighted by molar-refractivity contribution is 6.16. The molecule has 1 aromatic heterocycles. The van der Waals surface area contributed by atoms with Crippen LogP contribution < -0.4 is 9.80 Å². The Hall–Kier alpha value is -3.15. The van der Waals surface area contributed by atoms with Crippen LogP contribution in [0.1, 0.15) is 31.9 Å². The van der Waals surface area contributed by atoms with Gasteiger partial charge in [0.05, 0.1) is 11.6 Å². The van der Waals surface area contributed by atoms with E-state index >= 15 is 0 Å². The van der Waals surface area contributed by atoms with E-state index in [0.29, 0.717) is 11.3 Å². The van der Waals surface area contributed by atoms with E-state index in [1.54, 1.807) is 18.5 Å². The number of anilines is 2. The number of hydrogen-bond acceptors (Lipinski definition) is 5. The highest BCUT2D eigenvalue weighted by Crippen LogP contribution is 2.41. The van der Waals surface area contributed by atoms with Crippen molar-refractivity contribution in [3.8, 4) is 0 Å². The lowest BCUT2D eigenvalue weighted by molar-refractivity contribution is -0.118. The van der Waals surface area contributed by atoms with Gasteiger partial charge in [-0.2, -0.15) is 0 Å². The summed E-state index contributed by atoms with van der Waals surface area (Å²) in [6, 6.07) is 10.3. The summed E-state index contributed by atoms with van der Waals surface area (Å²) in [5.41, 5.74) is 2.43. The van der Waals surface area contributed by atoms with Crippen LogP contribution in [0.5, 0.6) is 0 Å². The highest BCUT2D eigenvalue weighted by Gasteiger charge is 2.44. The summed E-state index contributed by atoms with van der Waals surface area (Å²) in [6.45, 7) is 3.87. The van der Waals surface area contributed by atoms with Crippen molar-refractivity contribution >= 4 is 23.1 Å². The van der Waals surface area contributed by atoms with E-state index in [2.05, 4.69) is 4.98 Å². The molecule has 1 N–H and O–H groups in total. The summed E-state index contributed by atoms with van der Waals surface area (Å²) < 4.78 is 0. The Morgan fingerprint density at radius 1 is 1.21 bits per heavy atom. The molecular weight excluding hydrogens is 354 g/mol. The van der Waals surface area contributed by atoms with Gasteiger partial charge in [-0.1, -0.05) is 19.9 Å². The van der Waals surface area contributed by atoms with Gasteiger partial charge in [0.2, 0.25) is 0 Å². The molecule has 0 spiro atoms. The summed E-state index contributed by atoms with van der Waals surface area (Å²) in [4.78, 5) is 33.4. The molecule has 2 heterocycles. The lowest BCUT2D eigenvalue weighted by Gasteiger charge is -2.27. The standard InChI is InChI=1S/C22H25N3O3/c1-14(2)12-18(26)19-20(15-6-5-11-23-13-15)25(22(28)21(19)27)17-9-7-16(8-10-17)24(3)4/h5-11,13-14,20,27H,12H2,1-4H3. The van der Waals surface area contributed by atoms with Crippen molar-refractivity contribution in [2.24, 2.45) is 5.92 Å². The van der Waals surface area contributed by atoms with Gasteiger partial charge in [0.15, 0.2) is 11.5 Å². The average Bonchev–Trinajstić information content (AvgIpc) is 2.93. The number of aromatic nitrogens is 1. The van der Waals surface area contributed by atoms with Crippen molar-refractivity contribution in [2.75, 3.05) is 23.9 Å². The van der Waals surface area contributed by atoms with Crippen molar-refractivity contribution in [2.45, 2.75) is 26.3 Å². The van der Waals surface area contributed by atoms with Crippen LogP contribution in [0.4, 0.5) is 11.4 Å². The Balaban J connectivity index is 2.09. The van der Waals surface area contributed by atoms with Crippen molar-refractivity contribution in [1.29, 1.82) is 0 Å². The fourth-order valence-electron chi connectivity index (χ4n) is 3.40. The van der Waals surface area contributed by atoms with Gasteiger partial charge in [-0.15, -0.1) is 0 Å². The van der Waals surface area contributed by atoms with Crippen molar-refractivity contribution in [3.05, 3.63) is 65.7 Å². The molecule has 1 unspecified atom stereocenters. The number of nitrogens with zero attached hydrogens (tertiary/aromatic N) is 3. The van der Waals surface area contributed by atoms with E-state index in [0.717, 1.165) is 5.69 Å². The van der Waals surface area contributed by atoms with Gasteiger partial charge in [0.25, 0.3) is 5.91 Å². The molecule has 1 aliphatic heterocycles. The molecule has 0 fully saturated rings. The minimum absolute atomic E-state index is 0.117. The fraction of sp³-hybridized carbons (Fsp3) is 0.318. The first-order valence-electron chi connectivity index (χ1n) is 9.28. The van der Waals surface area contributed by atoms with Gasteiger partial charge in [-0.05, 0) is 41.8 Å². The van der Waals surface area contributed by atoms with Gasteiger partial charge in [0.1, 0.15) is 0 Å². The minimum atomic E-state index is -0.697. The molecule has 1 atom stereocenters. The van der Waals surface area contributed by atoms with E-state index in [1.165, 1.54) is 4.90 Å². The van der Waals surface area contributed by atoms with Crippen LogP contribution in [0.15, 0.2) is 60.1 Å². The lowest BCUT2D eigenvalue weighted by atomic mass is 9.93. The van der Waals surface area contributed by atoms with E-state index < -0.39 is 17.7 Å². The number of carbonyl (C=O) groups is 2. The maximum Gasteiger partial charge on any atom is 0.294 e. The molecule has 146 valence electrons. The second-order valence-corrected chi connectivity index (χ2v) is 7.56. The molecule has 3 rings (SSSR count). The molecule has 6 nitrogen and oxygen atoms in total. The summed E-state index contributed by atoms with van der Waals surface area (Å²) >= 11 is 0. The molecule has 1 aromatic carbocycles. The number of aliphatic hydroxyl groups is 1. The first-order chi connectivity index (χ1) is 13.3. The lowest BCUT2D eigenvalue weighted by Crippen LogP contribution is -2.31. The predicted octanol–water partition coefficient (Wildman–Crippen LogP) is 3.66. The zero-order valence-corrected chi connectivity index (χ0v) is 16.6. The quantitative estimate of drug-likeness (QED) is 0.829. The third kappa shape index (κ3) is 3.63. The molecular formula is C22H25N3O3. The summed E-state index contributed by atoms with van der Waals surface area (Å²) in [7, 11) is 3.87. The second-order valence-electron chi connectivity index (χ2n) is 7.56. The van der Waals surface area contributed by atoms with Crippen LogP contribution in [0.2, 0.25) is 0 Å². The highest BCUT2D eigenvalue weighted by atomic mass is 16.3. The van der Waals surface area contributed by atoms with Crippen LogP contribution in [-0.4, -0.2) is 35.9 Å². The number of aliphatic hydroxyl groups excluding tert-OH is 1. The first-order valence-corrected chi connectivity index (χ1v) is 9.28. The fourth-order valence-corrected chi connectivity index (χ4v) is 3.40. The second kappa shape index (κ2) is 7.84. The van der Waals surface area contributed by atoms with Gasteiger partial charge < -0.3 is 10.0 Å². The van der Waals surface area contributed by atoms with Gasteiger partial charge in [-0.25, -0.2) is 0 Å². The third-order valence-electron chi connectivity index (χ3n) is 4.75. The molecule has 6 heteroatoms. The van der Waals surface area contributed by atoms with Crippen LogP contribution in [-0.2, 0) is 9.59 Å². The number of rotatable bonds is 6. The smallest absolute Gasteiger partial charge is 0.294 e. The van der Waals surface area contributed by atoms with E-state index in [4.69, 9.17) is 0 Å². The number of ketones is 1. The van der Waals surface area contributed by atoms with Crippen molar-refractivity contribution in [3.63, 3.8) is 0 Å². The Morgan fingerprint density at radius 3 is 2.43 bits per heavy atom. The molecule has 1 aliphatic rings. The zero-order valence-electron chi connectivity index (χ0n) is 16.6. The molecule has 28 heavy (non-hydrogen) atoms. The average molecular weight is 379 g/mol. The zero-order chi connectivity index (χ0) is 20.4. The number of amides is 1. The maximum atomic E-state index is 12.9. The van der Waals surface area contributed by atoms with E-state index in [9.17, 15) is 14.7 Å². The molecule has 0 radical (unpaired) electrons. The number of benzene rings is 1. The Bertz CT molecular complexity index is 902. The Labute approximate surface area is 165 Å². The van der Waals surface area contributed by atoms with Gasteiger partial charge >= 0.3 is 0 Å². The monoisotopic (exact) mass is 379 g/mol. The molecule has 0 saturated heterocycles. The summed E-state index contributed by atoms with van der Waals surface area (Å²) in [6.07, 6.45) is 3.52. The molecule has 0 saturated carbocycles. The Morgan fingerprint density at radius 2 is 1.89 bits per heavy atom. The number of carbonyl (C=O) groups excluding carboxylic acids is 2. The van der Waals surface area contributed by atoms with E-state index in [-0.39, 0.29) is 23.7 Å². The van der Waals surface area contributed by atoms with Crippen LogP contribution in [0, 0.1) is 5.92 Å². The number of pyridine rings is 1. The van der Waals surface area contributed by atoms with Gasteiger partial charge in [0, 0.05) is 44.3 Å². The largest absolute Gasteiger partial charge is 0.503 e. The Kier molecular flexibility index (Phi) is 5.49. The molecule has 0 bridgehead atoms. The van der Waals surface area contributed by atoms with Crippen LogP contribution in [0.25, 0.3) is 0 Å². The molecule has 0 aliphatic carbocycles. The van der Waals surface area contributed by atoms with Crippen LogP contribution in [0.3, 0.4) is 0 Å². The number of hydrogen-bond donors (Lipinski definition) is 1. The van der Waals surface area contributed by atoms with E-state index in [1.807, 2.05) is 63.2 Å². The normalized spacial score (nSPS) is 16.8. The minimum Gasteiger partial charge on any atom is -0.503 e. The predicted molar refractivity (Wildman–Crippen MR) is 109 cm³/mol. The topological polar surface area (TPSA) is 73.7 Å². The third-order valence-corrected chi connectivity index (χ3v) is 4.75. The summed E-state index contributed by atoms with van der Waals surface area (Å²) in [5.74, 6) is -1.15. The first kappa shape index (κ1) is 19.6. The van der Waals surface area contributed by atoms with Crippen LogP contribution >= 0.6 is 0 Å². The molecule has 2 aromatic rings. The SMILES string of the molecule is CC(C)CC(=O)C1=C(O)C(=O)N(c2ccc(N(C)C)cc2)C1c1cccnc1. The summed E-state index contributed by atoms with van der Waals surface area (Å²) in [5, 5.41) is 10.6. The van der Waals surface area contributed by atoms with Crippen molar-refractivity contribution < 1.29 is 14.7 Å². The number of Topliss-reactive ketones (excluding diaryl/α,β-unsaturated/α-hetero) is 1. The van der Waals surface area contributed by atoms with Crippen molar-refractivity contribution in [1.82, 2.24) is 4.98 Å².